The molecule has 0 bridgehead atoms. The maximum absolute atomic E-state index is 13.2. The Morgan fingerprint density at radius 2 is 1.71 bits per heavy atom. The molecule has 0 amide bonds. The van der Waals surface area contributed by atoms with E-state index >= 15 is 0 Å². The van der Waals surface area contributed by atoms with Crippen LogP contribution in [0.4, 0.5) is 0 Å². The fourth-order valence-electron chi connectivity index (χ4n) is 3.99. The molecule has 0 fully saturated rings. The lowest BCUT2D eigenvalue weighted by Gasteiger charge is -2.38. The van der Waals surface area contributed by atoms with E-state index in [9.17, 15) is 9.90 Å². The summed E-state index contributed by atoms with van der Waals surface area (Å²) in [4.78, 5) is 13.2. The van der Waals surface area contributed by atoms with E-state index in [2.05, 4.69) is 53.3 Å². The summed E-state index contributed by atoms with van der Waals surface area (Å²) in [6.07, 6.45) is 13.9. The number of hydrogen-bond acceptors (Lipinski definition) is 2. The van der Waals surface area contributed by atoms with Crippen LogP contribution in [-0.2, 0) is 4.79 Å². The number of aliphatic hydroxyl groups is 1. The van der Waals surface area contributed by atoms with E-state index in [1.165, 1.54) is 12.0 Å². The van der Waals surface area contributed by atoms with Crippen LogP contribution in [-0.4, -0.2) is 17.5 Å². The van der Waals surface area contributed by atoms with E-state index in [0.29, 0.717) is 0 Å². The Balaban J connectivity index is 0. The summed E-state index contributed by atoms with van der Waals surface area (Å²) in [6.45, 7) is 24.5. The molecule has 0 saturated heterocycles. The SMILES string of the molecule is C=C/C(=C\C1C(/C(=C\C)CO)CC2=C(C=C2)C(=O)[C@]1(C)CC)CC.CC.CC.CCC. The highest BCUT2D eigenvalue weighted by Crippen LogP contribution is 2.50. The minimum atomic E-state index is -0.459. The second-order valence-corrected chi connectivity index (χ2v) is 7.74. The van der Waals surface area contributed by atoms with Crippen molar-refractivity contribution in [2.75, 3.05) is 6.61 Å². The first-order valence-electron chi connectivity index (χ1n) is 12.4. The molecule has 0 aromatic carbocycles. The van der Waals surface area contributed by atoms with Gasteiger partial charge in [0, 0.05) is 11.0 Å². The molecule has 2 unspecified atom stereocenters. The zero-order valence-electron chi connectivity index (χ0n) is 22.1. The number of ketones is 1. The summed E-state index contributed by atoms with van der Waals surface area (Å²) in [5, 5.41) is 9.89. The lowest BCUT2D eigenvalue weighted by atomic mass is 9.64. The van der Waals surface area contributed by atoms with Gasteiger partial charge in [0.25, 0.3) is 0 Å². The third kappa shape index (κ3) is 7.75. The van der Waals surface area contributed by atoms with E-state index < -0.39 is 5.41 Å². The van der Waals surface area contributed by atoms with Gasteiger partial charge in [-0.25, -0.2) is 0 Å². The van der Waals surface area contributed by atoms with Crippen LogP contribution in [0.1, 0.15) is 94.9 Å². The molecule has 2 rings (SSSR count). The van der Waals surface area contributed by atoms with Gasteiger partial charge in [-0.15, -0.1) is 0 Å². The normalized spacial score (nSPS) is 24.8. The lowest BCUT2D eigenvalue weighted by Crippen LogP contribution is -2.39. The Kier molecular flexibility index (Phi) is 17.2. The molecule has 0 aromatic rings. The smallest absolute Gasteiger partial charge is 0.169 e. The molecule has 0 saturated carbocycles. The van der Waals surface area contributed by atoms with Crippen LogP contribution in [0.15, 0.2) is 59.3 Å². The lowest BCUT2D eigenvalue weighted by molar-refractivity contribution is -0.126. The number of hydrogen-bond donors (Lipinski definition) is 1. The Morgan fingerprint density at radius 1 is 1.16 bits per heavy atom. The van der Waals surface area contributed by atoms with Crippen LogP contribution in [0, 0.1) is 17.3 Å². The van der Waals surface area contributed by atoms with Crippen molar-refractivity contribution >= 4 is 5.78 Å². The van der Waals surface area contributed by atoms with Crippen LogP contribution in [0.25, 0.3) is 0 Å². The van der Waals surface area contributed by atoms with Gasteiger partial charge in [0.1, 0.15) is 0 Å². The Labute approximate surface area is 193 Å². The zero-order chi connectivity index (χ0) is 24.6. The topological polar surface area (TPSA) is 37.3 Å². The van der Waals surface area contributed by atoms with Crippen molar-refractivity contribution in [1.29, 1.82) is 0 Å². The van der Waals surface area contributed by atoms with Crippen LogP contribution in [0.2, 0.25) is 0 Å². The number of rotatable bonds is 6. The average molecular weight is 431 g/mol. The fourth-order valence-corrected chi connectivity index (χ4v) is 3.99. The molecule has 178 valence electrons. The molecule has 3 atom stereocenters. The molecule has 2 nitrogen and oxygen atoms in total. The molecular formula is C29H50O2. The Bertz CT molecular complexity index is 660. The highest BCUT2D eigenvalue weighted by molar-refractivity contribution is 6.05. The van der Waals surface area contributed by atoms with Crippen molar-refractivity contribution in [2.24, 2.45) is 17.3 Å². The van der Waals surface area contributed by atoms with E-state index in [-0.39, 0.29) is 24.2 Å². The highest BCUT2D eigenvalue weighted by atomic mass is 16.3. The maximum atomic E-state index is 13.2. The fraction of sp³-hybridized carbons (Fsp3) is 0.621. The molecule has 2 aliphatic carbocycles. The third-order valence-electron chi connectivity index (χ3n) is 6.00. The third-order valence-corrected chi connectivity index (χ3v) is 6.00. The molecule has 0 spiro atoms. The second-order valence-electron chi connectivity index (χ2n) is 7.74. The highest BCUT2D eigenvalue weighted by Gasteiger charge is 2.47. The van der Waals surface area contributed by atoms with Crippen molar-refractivity contribution in [3.63, 3.8) is 0 Å². The number of carbonyl (C=O) groups is 1. The molecule has 0 radical (unpaired) electrons. The number of aliphatic hydroxyl groups excluding tert-OH is 1. The van der Waals surface area contributed by atoms with E-state index in [0.717, 1.165) is 36.0 Å². The van der Waals surface area contributed by atoms with Gasteiger partial charge in [-0.3, -0.25) is 4.79 Å². The van der Waals surface area contributed by atoms with Gasteiger partial charge in [-0.2, -0.15) is 0 Å². The summed E-state index contributed by atoms with van der Waals surface area (Å²) >= 11 is 0. The van der Waals surface area contributed by atoms with Crippen LogP contribution >= 0.6 is 0 Å². The summed E-state index contributed by atoms with van der Waals surface area (Å²) in [7, 11) is 0. The molecule has 31 heavy (non-hydrogen) atoms. The first-order chi connectivity index (χ1) is 14.9. The Morgan fingerprint density at radius 3 is 2.03 bits per heavy atom. The van der Waals surface area contributed by atoms with Crippen LogP contribution < -0.4 is 0 Å². The molecule has 0 aliphatic heterocycles. The van der Waals surface area contributed by atoms with Crippen LogP contribution in [0.3, 0.4) is 0 Å². The maximum Gasteiger partial charge on any atom is 0.169 e. The predicted octanol–water partition coefficient (Wildman–Crippen LogP) is 8.40. The van der Waals surface area contributed by atoms with E-state index in [1.807, 2.05) is 52.8 Å². The van der Waals surface area contributed by atoms with Crippen molar-refractivity contribution in [1.82, 2.24) is 0 Å². The van der Waals surface area contributed by atoms with E-state index in [4.69, 9.17) is 0 Å². The summed E-state index contributed by atoms with van der Waals surface area (Å²) in [5.41, 5.74) is 3.77. The standard InChI is InChI=1S/C22H30O2.C3H8.2C2H6/c1-6-15(7-2)12-20-19(16(8-3)14-23)13-17-10-11-18(17)21(24)22(20,5)9-4;1-3-2;2*1-2/h6,8,10-12,19-20,23H,1,7,9,13-14H2,2-5H3;3H2,1-2H3;2*1-2H3/b15-12+,16-8-;;;/t19?,20?,22-;;;/m1.../s1. The molecule has 0 aromatic heterocycles. The van der Waals surface area contributed by atoms with Crippen molar-refractivity contribution < 1.29 is 9.90 Å². The van der Waals surface area contributed by atoms with Crippen molar-refractivity contribution in [3.8, 4) is 0 Å². The van der Waals surface area contributed by atoms with Gasteiger partial charge in [-0.1, -0.05) is 111 Å². The molecule has 0 heterocycles. The quantitative estimate of drug-likeness (QED) is 0.339. The van der Waals surface area contributed by atoms with Crippen molar-refractivity contribution in [3.05, 3.63) is 59.3 Å². The number of Topliss-reactive ketones (excluding diaryl/α,β-unsaturated/α-hetero) is 1. The van der Waals surface area contributed by atoms with E-state index in [1.54, 1.807) is 0 Å². The van der Waals surface area contributed by atoms with Crippen molar-refractivity contribution in [2.45, 2.75) is 94.9 Å². The molecule has 2 aliphatic rings. The molecule has 2 heteroatoms. The predicted molar refractivity (Wildman–Crippen MR) is 139 cm³/mol. The number of carbonyl (C=O) groups excluding carboxylic acids is 1. The van der Waals surface area contributed by atoms with Gasteiger partial charge in [0.15, 0.2) is 5.78 Å². The minimum Gasteiger partial charge on any atom is -0.392 e. The summed E-state index contributed by atoms with van der Waals surface area (Å²) < 4.78 is 0. The second kappa shape index (κ2) is 17.0. The van der Waals surface area contributed by atoms with Gasteiger partial charge >= 0.3 is 0 Å². The van der Waals surface area contributed by atoms with Gasteiger partial charge in [-0.05, 0) is 49.2 Å². The van der Waals surface area contributed by atoms with Crippen LogP contribution in [0.5, 0.6) is 0 Å². The first kappa shape index (κ1) is 31.5. The zero-order valence-corrected chi connectivity index (χ0v) is 22.1. The summed E-state index contributed by atoms with van der Waals surface area (Å²) in [6, 6.07) is 0. The minimum absolute atomic E-state index is 0.0430. The monoisotopic (exact) mass is 430 g/mol. The number of allylic oxidation sites excluding steroid dienone is 8. The Hall–Kier alpha value is -1.67. The average Bonchev–Trinajstić information content (AvgIpc) is 2.84. The van der Waals surface area contributed by atoms with Gasteiger partial charge in [0.05, 0.1) is 6.61 Å². The first-order valence-corrected chi connectivity index (χ1v) is 12.4. The summed E-state index contributed by atoms with van der Waals surface area (Å²) in [5.74, 6) is 0.459. The van der Waals surface area contributed by atoms with Gasteiger partial charge in [0.2, 0.25) is 0 Å². The largest absolute Gasteiger partial charge is 0.392 e. The molecule has 1 N–H and O–H groups in total. The molecular weight excluding hydrogens is 380 g/mol. The van der Waals surface area contributed by atoms with Gasteiger partial charge < -0.3 is 5.11 Å².